The summed E-state index contributed by atoms with van der Waals surface area (Å²) in [5.41, 5.74) is 3.20. The van der Waals surface area contributed by atoms with E-state index in [1.165, 1.54) is 17.5 Å². The fourth-order valence-electron chi connectivity index (χ4n) is 3.41. The van der Waals surface area contributed by atoms with E-state index in [1.54, 1.807) is 6.07 Å². The molecule has 0 unspecified atom stereocenters. The molecule has 1 aliphatic heterocycles. The number of carbonyl (C=O) groups is 1. The third-order valence-corrected chi connectivity index (χ3v) is 5.93. The Balaban J connectivity index is 1.43. The minimum Gasteiger partial charge on any atom is -0.493 e. The van der Waals surface area contributed by atoms with Crippen molar-refractivity contribution in [2.75, 3.05) is 25.1 Å². The first-order valence-electron chi connectivity index (χ1n) is 9.95. The number of hydrogen-bond donors (Lipinski definition) is 2. The molecular weight excluding hydrogens is 402 g/mol. The van der Waals surface area contributed by atoms with E-state index in [2.05, 4.69) is 33.5 Å². The summed E-state index contributed by atoms with van der Waals surface area (Å²) in [5.74, 6) is 1.07. The number of benzene rings is 1. The van der Waals surface area contributed by atoms with Gasteiger partial charge in [-0.1, -0.05) is 12.1 Å². The summed E-state index contributed by atoms with van der Waals surface area (Å²) in [7, 11) is 0. The van der Waals surface area contributed by atoms with Gasteiger partial charge >= 0.3 is 5.97 Å². The summed E-state index contributed by atoms with van der Waals surface area (Å²) in [6.45, 7) is 3.76. The van der Waals surface area contributed by atoms with Crippen molar-refractivity contribution in [1.82, 2.24) is 9.97 Å². The number of aryl methyl sites for hydroxylation is 1. The number of aromatic carboxylic acids is 1. The second kappa shape index (κ2) is 9.13. The van der Waals surface area contributed by atoms with Crippen molar-refractivity contribution in [1.29, 1.82) is 0 Å². The van der Waals surface area contributed by atoms with Gasteiger partial charge in [0.1, 0.15) is 23.6 Å². The molecule has 2 N–H and O–H groups in total. The van der Waals surface area contributed by atoms with Crippen LogP contribution in [-0.2, 0) is 12.8 Å². The number of ether oxygens (including phenoxy) is 2. The number of thiophene rings is 1. The summed E-state index contributed by atoms with van der Waals surface area (Å²) in [6, 6.07) is 9.92. The van der Waals surface area contributed by atoms with Crippen LogP contribution in [0.5, 0.6) is 11.5 Å². The van der Waals surface area contributed by atoms with Gasteiger partial charge in [-0.2, -0.15) is 0 Å². The Labute approximate surface area is 178 Å². The molecule has 3 heterocycles. The number of carboxylic acids is 1. The van der Waals surface area contributed by atoms with Gasteiger partial charge in [-0.15, -0.1) is 11.3 Å². The van der Waals surface area contributed by atoms with E-state index < -0.39 is 5.97 Å². The second-order valence-corrected chi connectivity index (χ2v) is 7.95. The minimum absolute atomic E-state index is 0.177. The Morgan fingerprint density at radius 1 is 1.30 bits per heavy atom. The van der Waals surface area contributed by atoms with Crippen LogP contribution >= 0.6 is 11.3 Å². The molecule has 3 aromatic rings. The van der Waals surface area contributed by atoms with Gasteiger partial charge in [0.05, 0.1) is 23.8 Å². The number of nitrogens with zero attached hydrogens (tertiary/aromatic N) is 2. The van der Waals surface area contributed by atoms with E-state index >= 15 is 0 Å². The average molecular weight is 426 g/mol. The van der Waals surface area contributed by atoms with Crippen LogP contribution in [-0.4, -0.2) is 40.8 Å². The van der Waals surface area contributed by atoms with Gasteiger partial charge in [0.15, 0.2) is 4.88 Å². The van der Waals surface area contributed by atoms with Gasteiger partial charge in [-0.3, -0.25) is 0 Å². The lowest BCUT2D eigenvalue weighted by Crippen LogP contribution is -2.10. The van der Waals surface area contributed by atoms with E-state index in [-0.39, 0.29) is 4.88 Å². The molecule has 0 aliphatic carbocycles. The topological polar surface area (TPSA) is 93.6 Å². The molecule has 7 nitrogen and oxygen atoms in total. The number of nitrogens with one attached hydrogen (secondary N) is 1. The van der Waals surface area contributed by atoms with Crippen LogP contribution in [0, 0.1) is 0 Å². The fourth-order valence-corrected chi connectivity index (χ4v) is 4.31. The van der Waals surface area contributed by atoms with Crippen molar-refractivity contribution in [2.45, 2.75) is 26.2 Å². The van der Waals surface area contributed by atoms with Crippen LogP contribution < -0.4 is 14.8 Å². The number of rotatable bonds is 8. The lowest BCUT2D eigenvalue weighted by molar-refractivity contribution is 0.0698. The molecule has 2 aromatic heterocycles. The molecule has 156 valence electrons. The summed E-state index contributed by atoms with van der Waals surface area (Å²) < 4.78 is 11.1. The van der Waals surface area contributed by atoms with Gasteiger partial charge in [0.2, 0.25) is 0 Å². The van der Waals surface area contributed by atoms with Crippen molar-refractivity contribution >= 4 is 23.1 Å². The van der Waals surface area contributed by atoms with Crippen molar-refractivity contribution in [3.05, 3.63) is 52.7 Å². The van der Waals surface area contributed by atoms with Crippen molar-refractivity contribution in [2.24, 2.45) is 0 Å². The van der Waals surface area contributed by atoms with Crippen molar-refractivity contribution in [3.8, 4) is 22.1 Å². The Morgan fingerprint density at radius 2 is 2.20 bits per heavy atom. The molecule has 1 aliphatic rings. The van der Waals surface area contributed by atoms with Gasteiger partial charge < -0.3 is 19.9 Å². The molecule has 30 heavy (non-hydrogen) atoms. The van der Waals surface area contributed by atoms with Crippen LogP contribution in [0.25, 0.3) is 10.6 Å². The van der Waals surface area contributed by atoms with Crippen LogP contribution in [0.3, 0.4) is 0 Å². The molecule has 0 radical (unpaired) electrons. The zero-order valence-corrected chi connectivity index (χ0v) is 17.5. The maximum absolute atomic E-state index is 11.5. The number of hydrogen-bond acceptors (Lipinski definition) is 7. The zero-order chi connectivity index (χ0) is 20.9. The molecule has 4 rings (SSSR count). The van der Waals surface area contributed by atoms with Crippen LogP contribution in [0.15, 0.2) is 36.7 Å². The SMILES string of the molecule is CCOc1cc(-c2cc(NCCc3ccc4c(c3)CCCO4)ncn2)sc1C(=O)O. The van der Waals surface area contributed by atoms with Crippen LogP contribution in [0.4, 0.5) is 5.82 Å². The van der Waals surface area contributed by atoms with Crippen molar-refractivity contribution < 1.29 is 19.4 Å². The largest absolute Gasteiger partial charge is 0.493 e. The molecule has 8 heteroatoms. The number of aromatic nitrogens is 2. The first-order chi connectivity index (χ1) is 14.6. The molecule has 0 atom stereocenters. The molecule has 0 amide bonds. The quantitative estimate of drug-likeness (QED) is 0.556. The van der Waals surface area contributed by atoms with E-state index in [4.69, 9.17) is 9.47 Å². The molecule has 0 fully saturated rings. The minimum atomic E-state index is -1.00. The van der Waals surface area contributed by atoms with Crippen molar-refractivity contribution in [3.63, 3.8) is 0 Å². The van der Waals surface area contributed by atoms with E-state index in [1.807, 2.05) is 13.0 Å². The third-order valence-electron chi connectivity index (χ3n) is 4.80. The zero-order valence-electron chi connectivity index (χ0n) is 16.7. The van der Waals surface area contributed by atoms with Gasteiger partial charge in [0, 0.05) is 18.7 Å². The van der Waals surface area contributed by atoms with E-state index in [0.717, 1.165) is 54.4 Å². The van der Waals surface area contributed by atoms with Gasteiger partial charge in [-0.25, -0.2) is 14.8 Å². The van der Waals surface area contributed by atoms with Crippen LogP contribution in [0.1, 0.15) is 34.1 Å². The predicted octanol–water partition coefficient (Wildman–Crippen LogP) is 4.28. The number of anilines is 1. The molecule has 0 bridgehead atoms. The molecule has 1 aromatic carbocycles. The molecule has 0 spiro atoms. The fraction of sp³-hybridized carbons (Fsp3) is 0.318. The summed E-state index contributed by atoms with van der Waals surface area (Å²) >= 11 is 1.15. The Morgan fingerprint density at radius 3 is 3.03 bits per heavy atom. The van der Waals surface area contributed by atoms with Gasteiger partial charge in [0.25, 0.3) is 0 Å². The van der Waals surface area contributed by atoms with Gasteiger partial charge in [-0.05, 0) is 43.4 Å². The van der Waals surface area contributed by atoms with E-state index in [9.17, 15) is 9.90 Å². The summed E-state index contributed by atoms with van der Waals surface area (Å²) in [6.07, 6.45) is 4.47. The maximum Gasteiger partial charge on any atom is 0.349 e. The Hall–Kier alpha value is -3.13. The Kier molecular flexibility index (Phi) is 6.13. The normalized spacial score (nSPS) is 12.7. The highest BCUT2D eigenvalue weighted by molar-refractivity contribution is 7.17. The van der Waals surface area contributed by atoms with E-state index in [0.29, 0.717) is 23.9 Å². The first-order valence-corrected chi connectivity index (χ1v) is 10.8. The summed E-state index contributed by atoms with van der Waals surface area (Å²) in [4.78, 5) is 20.9. The smallest absolute Gasteiger partial charge is 0.349 e. The molecular formula is C22H23N3O4S. The molecule has 0 saturated carbocycles. The number of fused-ring (bicyclic) bond motifs is 1. The van der Waals surface area contributed by atoms with Crippen LogP contribution in [0.2, 0.25) is 0 Å². The molecule has 0 saturated heterocycles. The first kappa shape index (κ1) is 20.2. The highest BCUT2D eigenvalue weighted by Gasteiger charge is 2.18. The monoisotopic (exact) mass is 425 g/mol. The lowest BCUT2D eigenvalue weighted by Gasteiger charge is -2.18. The average Bonchev–Trinajstić information content (AvgIpc) is 3.19. The highest BCUT2D eigenvalue weighted by Crippen LogP contribution is 2.36. The second-order valence-electron chi connectivity index (χ2n) is 6.90. The predicted molar refractivity (Wildman–Crippen MR) is 116 cm³/mol. The highest BCUT2D eigenvalue weighted by atomic mass is 32.1. The lowest BCUT2D eigenvalue weighted by atomic mass is 10.0. The standard InChI is InChI=1S/C22H23N3O4S/c1-2-28-18-12-19(30-21(18)22(26)27)16-11-20(25-13-24-16)23-8-7-14-5-6-17-15(10-14)4-3-9-29-17/h5-6,10-13H,2-4,7-9H2,1H3,(H,26,27)(H,23,24,25). The maximum atomic E-state index is 11.5. The third kappa shape index (κ3) is 4.54. The number of carboxylic acid groups (broad SMARTS) is 1. The summed E-state index contributed by atoms with van der Waals surface area (Å²) in [5, 5.41) is 12.7. The Bertz CT molecular complexity index is 1050.